The van der Waals surface area contributed by atoms with E-state index in [1.165, 1.54) is 6.07 Å². The molecule has 1 atom stereocenters. The molecule has 1 fully saturated rings. The smallest absolute Gasteiger partial charge is 0.314 e. The zero-order valence-corrected chi connectivity index (χ0v) is 12.8. The molecule has 1 aliphatic rings. The summed E-state index contributed by atoms with van der Waals surface area (Å²) in [7, 11) is 0. The van der Waals surface area contributed by atoms with Crippen LogP contribution in [0.2, 0.25) is 0 Å². The Balaban J connectivity index is 0.00000220. The molecule has 0 unspecified atom stereocenters. The Hall–Kier alpha value is -0.500. The molecule has 2 rings (SSSR count). The van der Waals surface area contributed by atoms with Crippen molar-refractivity contribution in [3.05, 3.63) is 29.8 Å². The van der Waals surface area contributed by atoms with Gasteiger partial charge in [0.15, 0.2) is 0 Å². The molecule has 8 heteroatoms. The van der Waals surface area contributed by atoms with Crippen molar-refractivity contribution in [3.63, 3.8) is 0 Å². The van der Waals surface area contributed by atoms with Gasteiger partial charge in [0.2, 0.25) is 0 Å². The highest BCUT2D eigenvalue weighted by Gasteiger charge is 2.32. The van der Waals surface area contributed by atoms with E-state index in [1.807, 2.05) is 4.90 Å². The SMILES string of the molecule is Cl.FC[C@@H](c1ccccc1SC(F)(F)F)N1CCNCC1. The molecule has 120 valence electrons. The van der Waals surface area contributed by atoms with Crippen molar-refractivity contribution < 1.29 is 17.6 Å². The van der Waals surface area contributed by atoms with Crippen molar-refractivity contribution in [1.29, 1.82) is 0 Å². The van der Waals surface area contributed by atoms with Crippen LogP contribution in [0.1, 0.15) is 11.6 Å². The molecular weight excluding hydrogens is 328 g/mol. The summed E-state index contributed by atoms with van der Waals surface area (Å²) in [6, 6.07) is 5.58. The fraction of sp³-hybridized carbons (Fsp3) is 0.538. The van der Waals surface area contributed by atoms with E-state index in [9.17, 15) is 17.6 Å². The number of hydrogen-bond donors (Lipinski definition) is 1. The van der Waals surface area contributed by atoms with Crippen LogP contribution in [0.3, 0.4) is 0 Å². The van der Waals surface area contributed by atoms with Crippen molar-refractivity contribution in [3.8, 4) is 0 Å². The molecule has 1 aromatic carbocycles. The summed E-state index contributed by atoms with van der Waals surface area (Å²) in [5.41, 5.74) is -3.94. The van der Waals surface area contributed by atoms with Crippen LogP contribution < -0.4 is 5.32 Å². The maximum Gasteiger partial charge on any atom is 0.446 e. The first kappa shape index (κ1) is 18.5. The van der Waals surface area contributed by atoms with Crippen LogP contribution in [-0.2, 0) is 0 Å². The highest BCUT2D eigenvalue weighted by Crippen LogP contribution is 2.41. The monoisotopic (exact) mass is 344 g/mol. The van der Waals surface area contributed by atoms with Crippen LogP contribution in [0.4, 0.5) is 17.6 Å². The lowest BCUT2D eigenvalue weighted by molar-refractivity contribution is -0.0329. The number of hydrogen-bond acceptors (Lipinski definition) is 3. The largest absolute Gasteiger partial charge is 0.446 e. The predicted octanol–water partition coefficient (Wildman–Crippen LogP) is 3.64. The highest BCUT2D eigenvalue weighted by molar-refractivity contribution is 8.00. The molecule has 21 heavy (non-hydrogen) atoms. The number of alkyl halides is 4. The Kier molecular flexibility index (Phi) is 7.26. The summed E-state index contributed by atoms with van der Waals surface area (Å²) in [6.07, 6.45) is 0. The minimum absolute atomic E-state index is 0. The van der Waals surface area contributed by atoms with E-state index in [0.717, 1.165) is 13.1 Å². The highest BCUT2D eigenvalue weighted by atomic mass is 35.5. The number of piperazine rings is 1. The van der Waals surface area contributed by atoms with Gasteiger partial charge in [-0.1, -0.05) is 18.2 Å². The topological polar surface area (TPSA) is 15.3 Å². The molecule has 1 aromatic rings. The first-order chi connectivity index (χ1) is 9.51. The third-order valence-corrected chi connectivity index (χ3v) is 4.07. The summed E-state index contributed by atoms with van der Waals surface area (Å²) in [6.45, 7) is 2.05. The van der Waals surface area contributed by atoms with Gasteiger partial charge in [-0.05, 0) is 23.4 Å². The van der Waals surface area contributed by atoms with Gasteiger partial charge < -0.3 is 5.32 Å². The van der Waals surface area contributed by atoms with E-state index in [1.54, 1.807) is 18.2 Å². The normalized spacial score (nSPS) is 18.1. The van der Waals surface area contributed by atoms with Gasteiger partial charge in [-0.15, -0.1) is 12.4 Å². The third-order valence-electron chi connectivity index (χ3n) is 3.24. The van der Waals surface area contributed by atoms with Gasteiger partial charge in [0.05, 0.1) is 6.04 Å². The lowest BCUT2D eigenvalue weighted by Crippen LogP contribution is -2.45. The number of nitrogens with one attached hydrogen (secondary N) is 1. The zero-order chi connectivity index (χ0) is 14.6. The van der Waals surface area contributed by atoms with Gasteiger partial charge >= 0.3 is 5.51 Å². The first-order valence-corrected chi connectivity index (χ1v) is 7.18. The minimum atomic E-state index is -4.36. The predicted molar refractivity (Wildman–Crippen MR) is 78.8 cm³/mol. The van der Waals surface area contributed by atoms with Crippen LogP contribution in [0.15, 0.2) is 29.2 Å². The molecule has 1 aliphatic heterocycles. The van der Waals surface area contributed by atoms with Gasteiger partial charge in [0.25, 0.3) is 0 Å². The molecule has 1 N–H and O–H groups in total. The molecular formula is C13H17ClF4N2S. The molecule has 0 spiro atoms. The van der Waals surface area contributed by atoms with Crippen molar-refractivity contribution in [1.82, 2.24) is 10.2 Å². The molecule has 0 aromatic heterocycles. The second-order valence-corrected chi connectivity index (χ2v) is 5.65. The van der Waals surface area contributed by atoms with E-state index in [0.29, 0.717) is 18.7 Å². The fourth-order valence-electron chi connectivity index (χ4n) is 2.34. The Labute approximate surface area is 131 Å². The van der Waals surface area contributed by atoms with Crippen LogP contribution >= 0.6 is 24.2 Å². The molecule has 1 saturated heterocycles. The summed E-state index contributed by atoms with van der Waals surface area (Å²) >= 11 is -0.174. The summed E-state index contributed by atoms with van der Waals surface area (Å²) < 4.78 is 51.1. The van der Waals surface area contributed by atoms with Crippen LogP contribution in [-0.4, -0.2) is 43.3 Å². The Bertz CT molecular complexity index is 438. The second kappa shape index (κ2) is 8.22. The summed E-state index contributed by atoms with van der Waals surface area (Å²) in [4.78, 5) is 1.98. The summed E-state index contributed by atoms with van der Waals surface area (Å²) in [5, 5.41) is 3.15. The minimum Gasteiger partial charge on any atom is -0.314 e. The maximum atomic E-state index is 13.4. The average molecular weight is 345 g/mol. The van der Waals surface area contributed by atoms with E-state index >= 15 is 0 Å². The molecule has 0 bridgehead atoms. The number of nitrogens with zero attached hydrogens (tertiary/aromatic N) is 1. The first-order valence-electron chi connectivity index (χ1n) is 6.36. The van der Waals surface area contributed by atoms with Crippen LogP contribution in [0, 0.1) is 0 Å². The number of rotatable bonds is 4. The van der Waals surface area contributed by atoms with Crippen molar-refractivity contribution in [2.45, 2.75) is 16.4 Å². The van der Waals surface area contributed by atoms with Crippen molar-refractivity contribution in [2.75, 3.05) is 32.9 Å². The van der Waals surface area contributed by atoms with Gasteiger partial charge in [-0.3, -0.25) is 4.90 Å². The quantitative estimate of drug-likeness (QED) is 0.663. The van der Waals surface area contributed by atoms with Crippen molar-refractivity contribution in [2.24, 2.45) is 0 Å². The molecule has 0 radical (unpaired) electrons. The van der Waals surface area contributed by atoms with E-state index < -0.39 is 18.2 Å². The van der Waals surface area contributed by atoms with Gasteiger partial charge in [0.1, 0.15) is 6.67 Å². The van der Waals surface area contributed by atoms with E-state index in [-0.39, 0.29) is 29.1 Å². The Morgan fingerprint density at radius 3 is 2.38 bits per heavy atom. The number of thioether (sulfide) groups is 1. The molecule has 1 heterocycles. The lowest BCUT2D eigenvalue weighted by Gasteiger charge is -2.34. The third kappa shape index (κ3) is 5.32. The zero-order valence-electron chi connectivity index (χ0n) is 11.2. The van der Waals surface area contributed by atoms with E-state index in [4.69, 9.17) is 0 Å². The van der Waals surface area contributed by atoms with Crippen LogP contribution in [0.25, 0.3) is 0 Å². The number of benzene rings is 1. The van der Waals surface area contributed by atoms with Crippen molar-refractivity contribution >= 4 is 24.2 Å². The average Bonchev–Trinajstić information content (AvgIpc) is 2.41. The van der Waals surface area contributed by atoms with Gasteiger partial charge in [-0.25, -0.2) is 4.39 Å². The van der Waals surface area contributed by atoms with Gasteiger partial charge in [0, 0.05) is 31.1 Å². The molecule has 2 nitrogen and oxygen atoms in total. The molecule has 0 saturated carbocycles. The lowest BCUT2D eigenvalue weighted by atomic mass is 10.1. The van der Waals surface area contributed by atoms with Gasteiger partial charge in [-0.2, -0.15) is 13.2 Å². The maximum absolute atomic E-state index is 13.4. The van der Waals surface area contributed by atoms with E-state index in [2.05, 4.69) is 5.32 Å². The standard InChI is InChI=1S/C13H16F4N2S.ClH/c14-9-11(19-7-5-18-6-8-19)10-3-1-2-4-12(10)20-13(15,16)17;/h1-4,11,18H,5-9H2;1H/t11-;/m0./s1. The fourth-order valence-corrected chi connectivity index (χ4v) is 3.06. The Morgan fingerprint density at radius 2 is 1.81 bits per heavy atom. The summed E-state index contributed by atoms with van der Waals surface area (Å²) in [5.74, 6) is 0. The second-order valence-electron chi connectivity index (χ2n) is 4.54. The molecule has 0 aliphatic carbocycles. The Morgan fingerprint density at radius 1 is 1.19 bits per heavy atom. The number of halogens is 5. The molecule has 0 amide bonds. The van der Waals surface area contributed by atoms with Crippen LogP contribution in [0.5, 0.6) is 0 Å².